The highest BCUT2D eigenvalue weighted by molar-refractivity contribution is 7.85. The molecule has 2 aliphatic rings. The molecule has 2 fully saturated rings. The van der Waals surface area contributed by atoms with Gasteiger partial charge in [0, 0.05) is 28.3 Å². The Kier molecular flexibility index (Phi) is 5.01. The minimum Gasteiger partial charge on any atom is -0.481 e. The van der Waals surface area contributed by atoms with Crippen molar-refractivity contribution in [2.75, 3.05) is 11.5 Å². The highest BCUT2D eigenvalue weighted by Crippen LogP contribution is 2.32. The van der Waals surface area contributed by atoms with Crippen molar-refractivity contribution < 1.29 is 18.9 Å². The summed E-state index contributed by atoms with van der Waals surface area (Å²) in [5, 5.41) is 14.8. The van der Waals surface area contributed by atoms with Crippen molar-refractivity contribution in [3.8, 4) is 0 Å². The number of carbonyl (C=O) groups is 2. The highest BCUT2D eigenvalue weighted by atomic mass is 32.2. The molecule has 1 saturated heterocycles. The molecule has 2 rings (SSSR count). The van der Waals surface area contributed by atoms with E-state index in [4.69, 9.17) is 5.11 Å². The molecule has 0 aromatic heterocycles. The first-order valence-electron chi connectivity index (χ1n) is 7.15. The number of hydrogen-bond donors (Lipinski definition) is 3. The largest absolute Gasteiger partial charge is 0.481 e. The second kappa shape index (κ2) is 6.56. The van der Waals surface area contributed by atoms with E-state index in [0.29, 0.717) is 11.5 Å². The first-order valence-corrected chi connectivity index (χ1v) is 8.63. The quantitative estimate of drug-likeness (QED) is 0.721. The Balaban J connectivity index is 1.85. The van der Waals surface area contributed by atoms with Gasteiger partial charge in [0.1, 0.15) is 0 Å². The summed E-state index contributed by atoms with van der Waals surface area (Å²) in [6.07, 6.45) is 4.79. The zero-order valence-electron chi connectivity index (χ0n) is 11.5. The van der Waals surface area contributed by atoms with Crippen molar-refractivity contribution in [1.82, 2.24) is 10.6 Å². The van der Waals surface area contributed by atoms with Crippen LogP contribution in [0.2, 0.25) is 0 Å². The van der Waals surface area contributed by atoms with Crippen molar-refractivity contribution in [2.24, 2.45) is 0 Å². The van der Waals surface area contributed by atoms with E-state index in [-0.39, 0.29) is 18.5 Å². The van der Waals surface area contributed by atoms with Crippen LogP contribution in [-0.2, 0) is 15.6 Å². The van der Waals surface area contributed by atoms with E-state index in [2.05, 4.69) is 10.6 Å². The van der Waals surface area contributed by atoms with E-state index in [0.717, 1.165) is 38.5 Å². The maximum atomic E-state index is 12.0. The number of nitrogens with one attached hydrogen (secondary N) is 2. The highest BCUT2D eigenvalue weighted by Gasteiger charge is 2.37. The molecule has 7 heteroatoms. The van der Waals surface area contributed by atoms with Gasteiger partial charge >= 0.3 is 12.0 Å². The third-order valence-corrected chi connectivity index (χ3v) is 5.53. The number of rotatable bonds is 4. The number of aliphatic carboxylic acids is 1. The molecular weight excluding hydrogens is 280 g/mol. The summed E-state index contributed by atoms with van der Waals surface area (Å²) in [7, 11) is -0.745. The molecule has 0 unspecified atom stereocenters. The van der Waals surface area contributed by atoms with Gasteiger partial charge in [-0.15, -0.1) is 0 Å². The van der Waals surface area contributed by atoms with Crippen LogP contribution in [0.3, 0.4) is 0 Å². The van der Waals surface area contributed by atoms with Crippen LogP contribution in [0.15, 0.2) is 0 Å². The summed E-state index contributed by atoms with van der Waals surface area (Å²) in [6.45, 7) is 0. The molecule has 0 aromatic carbocycles. The van der Waals surface area contributed by atoms with Crippen molar-refractivity contribution >= 4 is 22.8 Å². The number of carbonyl (C=O) groups excluding carboxylic acids is 1. The predicted molar refractivity (Wildman–Crippen MR) is 76.0 cm³/mol. The van der Waals surface area contributed by atoms with Crippen LogP contribution in [0, 0.1) is 0 Å². The van der Waals surface area contributed by atoms with Gasteiger partial charge in [-0.3, -0.25) is 9.00 Å². The lowest BCUT2D eigenvalue weighted by atomic mass is 9.93. The van der Waals surface area contributed by atoms with Gasteiger partial charge in [-0.2, -0.15) is 0 Å². The molecule has 0 radical (unpaired) electrons. The van der Waals surface area contributed by atoms with E-state index < -0.39 is 22.3 Å². The molecule has 1 heterocycles. The standard InChI is InChI=1S/C13H22N2O4S/c16-11(17)9-13(5-1-2-6-13)15-12(18)14-10-3-7-20(19)8-4-10/h10H,1-9H2,(H,16,17)(H2,14,15,18). The van der Waals surface area contributed by atoms with Crippen LogP contribution in [0.4, 0.5) is 4.79 Å². The molecule has 1 saturated carbocycles. The minimum absolute atomic E-state index is 0.0187. The van der Waals surface area contributed by atoms with Crippen LogP contribution in [0.1, 0.15) is 44.9 Å². The number of amides is 2. The third-order valence-electron chi connectivity index (χ3n) is 4.15. The van der Waals surface area contributed by atoms with Gasteiger partial charge in [-0.25, -0.2) is 4.79 Å². The zero-order valence-corrected chi connectivity index (χ0v) is 12.3. The number of carboxylic acid groups (broad SMARTS) is 1. The fourth-order valence-electron chi connectivity index (χ4n) is 3.09. The number of carboxylic acids is 1. The van der Waals surface area contributed by atoms with E-state index in [1.807, 2.05) is 0 Å². The van der Waals surface area contributed by atoms with Gasteiger partial charge in [0.2, 0.25) is 0 Å². The summed E-state index contributed by atoms with van der Waals surface area (Å²) < 4.78 is 11.3. The van der Waals surface area contributed by atoms with Crippen LogP contribution >= 0.6 is 0 Å². The normalized spacial score (nSPS) is 28.8. The zero-order chi connectivity index (χ0) is 14.6. The van der Waals surface area contributed by atoms with Crippen LogP contribution in [0.5, 0.6) is 0 Å². The fourth-order valence-corrected chi connectivity index (χ4v) is 4.39. The van der Waals surface area contributed by atoms with E-state index >= 15 is 0 Å². The lowest BCUT2D eigenvalue weighted by molar-refractivity contribution is -0.138. The molecule has 20 heavy (non-hydrogen) atoms. The van der Waals surface area contributed by atoms with E-state index in [1.165, 1.54) is 0 Å². The molecule has 0 spiro atoms. The molecular formula is C13H22N2O4S. The lowest BCUT2D eigenvalue weighted by Gasteiger charge is -2.30. The Bertz CT molecular complexity index is 397. The van der Waals surface area contributed by atoms with E-state index in [9.17, 15) is 13.8 Å². The third kappa shape index (κ3) is 4.19. The van der Waals surface area contributed by atoms with Gasteiger partial charge in [0.25, 0.3) is 0 Å². The van der Waals surface area contributed by atoms with Crippen LogP contribution in [-0.4, -0.2) is 44.4 Å². The Morgan fingerprint density at radius 3 is 2.35 bits per heavy atom. The number of hydrogen-bond acceptors (Lipinski definition) is 3. The molecule has 0 aromatic rings. The second-order valence-corrected chi connectivity index (χ2v) is 7.47. The van der Waals surface area contributed by atoms with Gasteiger partial charge in [-0.05, 0) is 25.7 Å². The van der Waals surface area contributed by atoms with Gasteiger partial charge in [0.15, 0.2) is 0 Å². The molecule has 114 valence electrons. The van der Waals surface area contributed by atoms with Crippen molar-refractivity contribution in [1.29, 1.82) is 0 Å². The maximum absolute atomic E-state index is 12.0. The van der Waals surface area contributed by atoms with E-state index in [1.54, 1.807) is 0 Å². The molecule has 2 amide bonds. The topological polar surface area (TPSA) is 95.5 Å². The van der Waals surface area contributed by atoms with Crippen molar-refractivity contribution in [3.63, 3.8) is 0 Å². The monoisotopic (exact) mass is 302 g/mol. The Morgan fingerprint density at radius 2 is 1.80 bits per heavy atom. The van der Waals surface area contributed by atoms with Crippen LogP contribution < -0.4 is 10.6 Å². The summed E-state index contributed by atoms with van der Waals surface area (Å²) in [6, 6.07) is -0.234. The van der Waals surface area contributed by atoms with Gasteiger partial charge in [0.05, 0.1) is 12.0 Å². The Hall–Kier alpha value is -1.11. The Morgan fingerprint density at radius 1 is 1.20 bits per heavy atom. The molecule has 3 N–H and O–H groups in total. The average molecular weight is 302 g/mol. The SMILES string of the molecule is O=C(O)CC1(NC(=O)NC2CCS(=O)CC2)CCCC1. The molecule has 6 nitrogen and oxygen atoms in total. The van der Waals surface area contributed by atoms with Gasteiger partial charge in [-0.1, -0.05) is 12.8 Å². The van der Waals surface area contributed by atoms with Crippen molar-refractivity contribution in [3.05, 3.63) is 0 Å². The molecule has 1 aliphatic carbocycles. The summed E-state index contributed by atoms with van der Waals surface area (Å²) in [5.41, 5.74) is -0.590. The predicted octanol–water partition coefficient (Wildman–Crippen LogP) is 0.984. The van der Waals surface area contributed by atoms with Gasteiger partial charge < -0.3 is 15.7 Å². The summed E-state index contributed by atoms with van der Waals surface area (Å²) in [4.78, 5) is 23.0. The molecule has 0 bridgehead atoms. The minimum atomic E-state index is -0.875. The second-order valence-electron chi connectivity index (χ2n) is 5.78. The summed E-state index contributed by atoms with van der Waals surface area (Å²) >= 11 is 0. The lowest BCUT2D eigenvalue weighted by Crippen LogP contribution is -2.54. The Labute approximate surface area is 121 Å². The average Bonchev–Trinajstić information content (AvgIpc) is 2.79. The maximum Gasteiger partial charge on any atom is 0.315 e. The molecule has 0 atom stereocenters. The fraction of sp³-hybridized carbons (Fsp3) is 0.846. The first kappa shape index (κ1) is 15.3. The first-order chi connectivity index (χ1) is 9.49. The summed E-state index contributed by atoms with van der Waals surface area (Å²) in [5.74, 6) is 0.386. The smallest absolute Gasteiger partial charge is 0.315 e. The van der Waals surface area contributed by atoms with Crippen LogP contribution in [0.25, 0.3) is 0 Å². The van der Waals surface area contributed by atoms with Crippen molar-refractivity contribution in [2.45, 2.75) is 56.5 Å². The molecule has 1 aliphatic heterocycles. The number of urea groups is 1.